The number of anilines is 2. The van der Waals surface area contributed by atoms with Crippen LogP contribution in [0.1, 0.15) is 38.2 Å². The van der Waals surface area contributed by atoms with E-state index in [0.717, 1.165) is 28.4 Å². The first kappa shape index (κ1) is 32.6. The Balaban J connectivity index is 1.88. The van der Waals surface area contributed by atoms with E-state index in [4.69, 9.17) is 4.74 Å². The highest BCUT2D eigenvalue weighted by Gasteiger charge is 2.57. The van der Waals surface area contributed by atoms with E-state index < -0.39 is 101 Å². The van der Waals surface area contributed by atoms with E-state index in [1.165, 1.54) is 12.1 Å². The number of hydrogen-bond acceptors (Lipinski definition) is 6. The number of likely N-dealkylation sites (N-methyl/N-ethyl adjacent to an activating group) is 1. The molecule has 1 atom stereocenters. The number of aliphatic hydroxyl groups is 1. The molecule has 1 fully saturated rings. The SMILES string of the molecule is CN1[C@H](CCC(C)(F)F)CN(c2ccc(F)cc2)c2cc(C(F)(F)F)c(OCC3(P(=O)(O)O)CC(O)C3)cc2S1(=O)=O. The fourth-order valence-electron chi connectivity index (χ4n) is 5.11. The van der Waals surface area contributed by atoms with Crippen LogP contribution >= 0.6 is 7.60 Å². The summed E-state index contributed by atoms with van der Waals surface area (Å²) in [5, 5.41) is 7.67. The minimum atomic E-state index is -5.14. The van der Waals surface area contributed by atoms with Crippen molar-refractivity contribution in [3.05, 3.63) is 47.8 Å². The second kappa shape index (κ2) is 11.0. The molecule has 2 aromatic rings. The van der Waals surface area contributed by atoms with Crippen molar-refractivity contribution in [1.29, 1.82) is 0 Å². The molecule has 234 valence electrons. The maximum atomic E-state index is 14.3. The quantitative estimate of drug-likeness (QED) is 0.274. The lowest BCUT2D eigenvalue weighted by atomic mass is 9.82. The fraction of sp³-hybridized carbons (Fsp3) is 0.520. The van der Waals surface area contributed by atoms with Crippen molar-refractivity contribution < 1.29 is 59.0 Å². The molecule has 17 heteroatoms. The molecule has 3 N–H and O–H groups in total. The minimum Gasteiger partial charge on any atom is -0.492 e. The van der Waals surface area contributed by atoms with Crippen LogP contribution in [0.25, 0.3) is 0 Å². The normalized spacial score (nSPS) is 25.0. The van der Waals surface area contributed by atoms with Gasteiger partial charge in [0.15, 0.2) is 0 Å². The van der Waals surface area contributed by atoms with Gasteiger partial charge in [-0.15, -0.1) is 0 Å². The van der Waals surface area contributed by atoms with Gasteiger partial charge in [-0.05, 0) is 56.5 Å². The van der Waals surface area contributed by atoms with Crippen LogP contribution in [0.3, 0.4) is 0 Å². The molecular weight excluding hydrogens is 617 g/mol. The Kier molecular flexibility index (Phi) is 8.50. The summed E-state index contributed by atoms with van der Waals surface area (Å²) in [5.41, 5.74) is -1.87. The molecule has 1 heterocycles. The van der Waals surface area contributed by atoms with E-state index in [9.17, 15) is 54.2 Å². The van der Waals surface area contributed by atoms with Crippen LogP contribution in [0.5, 0.6) is 5.75 Å². The van der Waals surface area contributed by atoms with Gasteiger partial charge in [0.25, 0.3) is 0 Å². The molecule has 2 aliphatic rings. The third kappa shape index (κ3) is 6.43. The van der Waals surface area contributed by atoms with E-state index >= 15 is 0 Å². The Bertz CT molecular complexity index is 1470. The molecule has 2 aromatic carbocycles. The number of fused-ring (bicyclic) bond motifs is 1. The van der Waals surface area contributed by atoms with Crippen molar-refractivity contribution in [3.63, 3.8) is 0 Å². The number of alkyl halides is 5. The van der Waals surface area contributed by atoms with Crippen LogP contribution < -0.4 is 9.64 Å². The van der Waals surface area contributed by atoms with Gasteiger partial charge in [0.2, 0.25) is 15.9 Å². The molecule has 1 saturated carbocycles. The van der Waals surface area contributed by atoms with Crippen molar-refractivity contribution in [1.82, 2.24) is 4.31 Å². The second-order valence-corrected chi connectivity index (χ2v) is 14.8. The van der Waals surface area contributed by atoms with E-state index in [2.05, 4.69) is 0 Å². The van der Waals surface area contributed by atoms with E-state index in [0.29, 0.717) is 19.1 Å². The summed E-state index contributed by atoms with van der Waals surface area (Å²) < 4.78 is 130. The molecule has 1 aliphatic heterocycles. The number of rotatable bonds is 8. The molecule has 4 rings (SSSR count). The second-order valence-electron chi connectivity index (χ2n) is 10.8. The number of halogens is 6. The topological polar surface area (TPSA) is 128 Å². The van der Waals surface area contributed by atoms with Gasteiger partial charge in [0.05, 0.1) is 17.4 Å². The number of aliphatic hydroxyl groups excluding tert-OH is 1. The van der Waals surface area contributed by atoms with Crippen LogP contribution in [-0.4, -0.2) is 71.0 Å². The number of benzene rings is 2. The molecule has 0 amide bonds. The molecule has 0 unspecified atom stereocenters. The third-order valence-electron chi connectivity index (χ3n) is 7.62. The summed E-state index contributed by atoms with van der Waals surface area (Å²) in [5.74, 6) is -4.88. The first-order valence-electron chi connectivity index (χ1n) is 12.7. The Morgan fingerprint density at radius 3 is 2.19 bits per heavy atom. The minimum absolute atomic E-state index is 0.0853. The smallest absolute Gasteiger partial charge is 0.420 e. The number of nitrogens with zero attached hydrogens (tertiary/aromatic N) is 2. The first-order chi connectivity index (χ1) is 19.1. The first-order valence-corrected chi connectivity index (χ1v) is 15.7. The van der Waals surface area contributed by atoms with Crippen molar-refractivity contribution in [2.45, 2.75) is 66.9 Å². The summed E-state index contributed by atoms with van der Waals surface area (Å²) in [7, 11) is -8.53. The molecule has 0 aromatic heterocycles. The third-order valence-corrected chi connectivity index (χ3v) is 11.3. The lowest BCUT2D eigenvalue weighted by Gasteiger charge is -2.44. The number of ether oxygens (including phenoxy) is 1. The van der Waals surface area contributed by atoms with Gasteiger partial charge in [-0.25, -0.2) is 21.6 Å². The summed E-state index contributed by atoms with van der Waals surface area (Å²) >= 11 is 0. The van der Waals surface area contributed by atoms with Crippen LogP contribution in [0.2, 0.25) is 0 Å². The Morgan fingerprint density at radius 2 is 1.69 bits per heavy atom. The maximum absolute atomic E-state index is 14.3. The summed E-state index contributed by atoms with van der Waals surface area (Å²) in [6, 6.07) is 4.34. The molecule has 42 heavy (non-hydrogen) atoms. The molecule has 0 radical (unpaired) electrons. The Morgan fingerprint density at radius 1 is 1.10 bits per heavy atom. The van der Waals surface area contributed by atoms with E-state index in [1.807, 2.05) is 0 Å². The lowest BCUT2D eigenvalue weighted by molar-refractivity contribution is -0.139. The van der Waals surface area contributed by atoms with Crippen LogP contribution in [0.15, 0.2) is 41.3 Å². The molecule has 0 bridgehead atoms. The van der Waals surface area contributed by atoms with Crippen molar-refractivity contribution in [3.8, 4) is 5.75 Å². The van der Waals surface area contributed by atoms with Crippen molar-refractivity contribution in [2.75, 3.05) is 25.1 Å². The largest absolute Gasteiger partial charge is 0.492 e. The van der Waals surface area contributed by atoms with Crippen LogP contribution in [-0.2, 0) is 20.8 Å². The zero-order valence-corrected chi connectivity index (χ0v) is 24.1. The number of hydrogen-bond donors (Lipinski definition) is 3. The summed E-state index contributed by atoms with van der Waals surface area (Å²) in [6.07, 6.45) is -8.25. The van der Waals surface area contributed by atoms with Gasteiger partial charge in [0.1, 0.15) is 28.2 Å². The molecule has 9 nitrogen and oxygen atoms in total. The summed E-state index contributed by atoms with van der Waals surface area (Å²) in [6.45, 7) is -0.668. The lowest BCUT2D eigenvalue weighted by Crippen LogP contribution is -2.51. The maximum Gasteiger partial charge on any atom is 0.420 e. The van der Waals surface area contributed by atoms with Gasteiger partial charge in [0, 0.05) is 37.8 Å². The van der Waals surface area contributed by atoms with Gasteiger partial charge < -0.3 is 24.5 Å². The van der Waals surface area contributed by atoms with Gasteiger partial charge in [-0.2, -0.15) is 17.5 Å². The standard InChI is InChI=1S/C25H29F6N2O7PS/c1-23(27,28)8-7-17-13-33(16-5-3-15(26)4-6-16)20-9-19(25(29,30)31)21(10-22(20)42(38,39)32(17)2)40-14-24(41(35,36)37)11-18(34)12-24/h3-6,9-10,17-18,34H,7-8,11-14H2,1-2H3,(H2,35,36,37)/t17-,18?,24?/m1/s1. The predicted octanol–water partition coefficient (Wildman–Crippen LogP) is 4.87. The van der Waals surface area contributed by atoms with Gasteiger partial charge in [-0.3, -0.25) is 4.57 Å². The van der Waals surface area contributed by atoms with Crippen molar-refractivity contribution in [2.24, 2.45) is 0 Å². The predicted molar refractivity (Wildman–Crippen MR) is 139 cm³/mol. The highest BCUT2D eigenvalue weighted by molar-refractivity contribution is 7.89. The van der Waals surface area contributed by atoms with E-state index in [-0.39, 0.29) is 18.7 Å². The molecule has 0 saturated heterocycles. The van der Waals surface area contributed by atoms with Crippen LogP contribution in [0.4, 0.5) is 37.7 Å². The van der Waals surface area contributed by atoms with Gasteiger partial charge >= 0.3 is 13.8 Å². The van der Waals surface area contributed by atoms with Crippen molar-refractivity contribution >= 4 is 29.0 Å². The average molecular weight is 647 g/mol. The van der Waals surface area contributed by atoms with Crippen LogP contribution in [0, 0.1) is 5.82 Å². The van der Waals surface area contributed by atoms with Gasteiger partial charge in [-0.1, -0.05) is 0 Å². The molecule has 1 aliphatic carbocycles. The monoisotopic (exact) mass is 646 g/mol. The molecule has 0 spiro atoms. The molecular formula is C25H29F6N2O7PS. The Labute approximate surface area is 237 Å². The van der Waals surface area contributed by atoms with E-state index in [1.54, 1.807) is 0 Å². The average Bonchev–Trinajstić information content (AvgIpc) is 2.91. The zero-order chi connectivity index (χ0) is 31.5. The summed E-state index contributed by atoms with van der Waals surface area (Å²) in [4.78, 5) is 20.0. The zero-order valence-electron chi connectivity index (χ0n) is 22.4. The number of sulfonamides is 1. The highest BCUT2D eigenvalue weighted by atomic mass is 32.2. The highest BCUT2D eigenvalue weighted by Crippen LogP contribution is 2.61. The Hall–Kier alpha value is -2.36. The fourth-order valence-corrected chi connectivity index (χ4v) is 7.81.